The van der Waals surface area contributed by atoms with Crippen molar-refractivity contribution in [1.82, 2.24) is 9.97 Å². The second-order valence-corrected chi connectivity index (χ2v) is 5.49. The smallest absolute Gasteiger partial charge is 0.196 e. The van der Waals surface area contributed by atoms with E-state index < -0.39 is 0 Å². The summed E-state index contributed by atoms with van der Waals surface area (Å²) in [6, 6.07) is 7.84. The molecule has 0 atom stereocenters. The first-order valence-corrected chi connectivity index (χ1v) is 6.92. The lowest BCUT2D eigenvalue weighted by Crippen LogP contribution is -1.88. The van der Waals surface area contributed by atoms with Crippen LogP contribution in [-0.2, 0) is 6.42 Å². The fraction of sp³-hybridized carbons (Fsp3) is 0.0769. The van der Waals surface area contributed by atoms with Crippen molar-refractivity contribution in [2.75, 3.05) is 0 Å². The standard InChI is InChI=1S/C7H8N2S.C6H3ClS/c1-2-3-6-4-5-8-7(10)9-6;7-4-1-2-5-6(3-4)8-5/h2,4-5H,1,3H2,(H,8,9,10);1-3H. The molecule has 0 fully saturated rings. The minimum absolute atomic E-state index is 0.527. The van der Waals surface area contributed by atoms with Crippen molar-refractivity contribution in [2.24, 2.45) is 0 Å². The Labute approximate surface area is 120 Å². The molecule has 3 rings (SSSR count). The maximum atomic E-state index is 5.66. The van der Waals surface area contributed by atoms with E-state index >= 15 is 0 Å². The van der Waals surface area contributed by atoms with E-state index in [0.717, 1.165) is 17.1 Å². The van der Waals surface area contributed by atoms with Crippen molar-refractivity contribution in [3.63, 3.8) is 0 Å². The number of nitrogens with one attached hydrogen (secondary N) is 1. The molecular weight excluding hydrogens is 284 g/mol. The van der Waals surface area contributed by atoms with Crippen LogP contribution in [0.1, 0.15) is 5.69 Å². The number of H-pyrrole nitrogens is 1. The normalized spacial score (nSPS) is 10.9. The number of aromatic amines is 1. The highest BCUT2D eigenvalue weighted by Gasteiger charge is 2.16. The first-order valence-electron chi connectivity index (χ1n) is 5.31. The number of halogens is 1. The molecule has 2 nitrogen and oxygen atoms in total. The average molecular weight is 295 g/mol. The maximum absolute atomic E-state index is 5.66. The Bertz CT molecular complexity index is 622. The zero-order chi connectivity index (χ0) is 13.0. The van der Waals surface area contributed by atoms with Crippen LogP contribution in [0, 0.1) is 4.77 Å². The van der Waals surface area contributed by atoms with Crippen LogP contribution in [0.5, 0.6) is 0 Å². The van der Waals surface area contributed by atoms with Crippen LogP contribution in [0.25, 0.3) is 0 Å². The van der Waals surface area contributed by atoms with Gasteiger partial charge in [0.05, 0.1) is 0 Å². The van der Waals surface area contributed by atoms with Crippen LogP contribution in [0.3, 0.4) is 0 Å². The predicted molar refractivity (Wildman–Crippen MR) is 78.9 cm³/mol. The van der Waals surface area contributed by atoms with Crippen LogP contribution in [-0.4, -0.2) is 9.97 Å². The summed E-state index contributed by atoms with van der Waals surface area (Å²) in [6.07, 6.45) is 4.32. The molecule has 1 N–H and O–H groups in total. The van der Waals surface area contributed by atoms with E-state index in [1.807, 2.05) is 30.3 Å². The number of aromatic nitrogens is 2. The summed E-state index contributed by atoms with van der Waals surface area (Å²) < 4.78 is 0.527. The summed E-state index contributed by atoms with van der Waals surface area (Å²) in [6.45, 7) is 3.61. The van der Waals surface area contributed by atoms with E-state index in [9.17, 15) is 0 Å². The molecule has 18 heavy (non-hydrogen) atoms. The summed E-state index contributed by atoms with van der Waals surface area (Å²) in [5.74, 6) is 0. The van der Waals surface area contributed by atoms with Gasteiger partial charge in [-0.25, -0.2) is 4.98 Å². The predicted octanol–water partition coefficient (Wildman–Crippen LogP) is 4.67. The van der Waals surface area contributed by atoms with Crippen molar-refractivity contribution < 1.29 is 0 Å². The number of hydrogen-bond acceptors (Lipinski definition) is 3. The molecule has 1 aromatic heterocycles. The Kier molecular flexibility index (Phi) is 4.58. The highest BCUT2D eigenvalue weighted by molar-refractivity contribution is 8.05. The van der Waals surface area contributed by atoms with E-state index in [1.54, 1.807) is 18.0 Å². The van der Waals surface area contributed by atoms with Crippen LogP contribution >= 0.6 is 35.6 Å². The molecule has 92 valence electrons. The number of hydrogen-bond donors (Lipinski definition) is 1. The van der Waals surface area contributed by atoms with E-state index in [-0.39, 0.29) is 0 Å². The molecule has 0 amide bonds. The highest BCUT2D eigenvalue weighted by Crippen LogP contribution is 2.48. The highest BCUT2D eigenvalue weighted by atomic mass is 35.5. The molecule has 0 unspecified atom stereocenters. The van der Waals surface area contributed by atoms with Gasteiger partial charge in [-0.2, -0.15) is 0 Å². The van der Waals surface area contributed by atoms with Crippen molar-refractivity contribution in [3.8, 4) is 0 Å². The Hall–Kier alpha value is -1.10. The number of rotatable bonds is 2. The van der Waals surface area contributed by atoms with E-state index in [2.05, 4.69) is 16.5 Å². The Morgan fingerprint density at radius 3 is 2.83 bits per heavy atom. The fourth-order valence-corrected chi connectivity index (χ4v) is 2.38. The largest absolute Gasteiger partial charge is 0.334 e. The second kappa shape index (κ2) is 6.18. The van der Waals surface area contributed by atoms with E-state index in [1.165, 1.54) is 9.79 Å². The number of fused-ring (bicyclic) bond motifs is 1. The minimum atomic E-state index is 0.527. The van der Waals surface area contributed by atoms with Gasteiger partial charge in [-0.1, -0.05) is 29.4 Å². The number of benzene rings is 1. The van der Waals surface area contributed by atoms with Crippen LogP contribution in [0.2, 0.25) is 5.02 Å². The fourth-order valence-electron chi connectivity index (χ4n) is 1.32. The average Bonchev–Trinajstić information content (AvgIpc) is 3.08. The molecule has 2 aromatic rings. The van der Waals surface area contributed by atoms with Gasteiger partial charge >= 0.3 is 0 Å². The van der Waals surface area contributed by atoms with Gasteiger partial charge in [0.15, 0.2) is 4.77 Å². The van der Waals surface area contributed by atoms with E-state index in [4.69, 9.17) is 23.8 Å². The summed E-state index contributed by atoms with van der Waals surface area (Å²) in [7, 11) is 0. The monoisotopic (exact) mass is 294 g/mol. The molecule has 0 radical (unpaired) electrons. The minimum Gasteiger partial charge on any atom is -0.334 e. The molecule has 0 saturated heterocycles. The second-order valence-electron chi connectivity index (χ2n) is 3.59. The topological polar surface area (TPSA) is 28.7 Å². The van der Waals surface area contributed by atoms with Crippen molar-refractivity contribution in [1.29, 1.82) is 0 Å². The third-order valence-corrected chi connectivity index (χ3v) is 3.56. The summed E-state index contributed by atoms with van der Waals surface area (Å²) in [5.41, 5.74) is 1.05. The summed E-state index contributed by atoms with van der Waals surface area (Å²) in [4.78, 5) is 9.49. The van der Waals surface area contributed by atoms with Crippen LogP contribution in [0.15, 0.2) is 52.9 Å². The lowest BCUT2D eigenvalue weighted by Gasteiger charge is -1.93. The molecule has 1 aromatic carbocycles. The molecule has 0 spiro atoms. The van der Waals surface area contributed by atoms with Gasteiger partial charge in [-0.05, 0) is 36.5 Å². The van der Waals surface area contributed by atoms with Gasteiger partial charge in [0.1, 0.15) is 0 Å². The first-order chi connectivity index (χ1) is 8.69. The molecule has 2 heterocycles. The molecule has 1 aliphatic heterocycles. The van der Waals surface area contributed by atoms with Gasteiger partial charge in [-0.3, -0.25) is 0 Å². The van der Waals surface area contributed by atoms with E-state index in [0.29, 0.717) is 4.77 Å². The SMILES string of the molecule is C=CCc1ccnc(=S)[nH]1.Clc1ccc2c(c1)S2. The molecular formula is C13H11ClN2S2. The summed E-state index contributed by atoms with van der Waals surface area (Å²) in [5, 5.41) is 0.841. The van der Waals surface area contributed by atoms with Gasteiger partial charge in [0.25, 0.3) is 0 Å². The molecule has 5 heteroatoms. The molecule has 0 saturated carbocycles. The van der Waals surface area contributed by atoms with Crippen molar-refractivity contribution in [3.05, 3.63) is 58.6 Å². The molecule has 1 aliphatic rings. The maximum Gasteiger partial charge on any atom is 0.196 e. The Balaban J connectivity index is 0.000000136. The van der Waals surface area contributed by atoms with Gasteiger partial charge in [0, 0.05) is 33.1 Å². The van der Waals surface area contributed by atoms with Crippen molar-refractivity contribution in [2.45, 2.75) is 16.2 Å². The number of allylic oxidation sites excluding steroid dienone is 1. The quantitative estimate of drug-likeness (QED) is 0.423. The third-order valence-electron chi connectivity index (χ3n) is 2.18. The summed E-state index contributed by atoms with van der Waals surface area (Å²) >= 11 is 12.3. The molecule has 0 aliphatic carbocycles. The lowest BCUT2D eigenvalue weighted by atomic mass is 10.3. The van der Waals surface area contributed by atoms with Gasteiger partial charge in [0.2, 0.25) is 0 Å². The zero-order valence-electron chi connectivity index (χ0n) is 9.52. The molecule has 0 bridgehead atoms. The van der Waals surface area contributed by atoms with Crippen LogP contribution < -0.4 is 0 Å². The third kappa shape index (κ3) is 3.98. The van der Waals surface area contributed by atoms with Gasteiger partial charge < -0.3 is 4.98 Å². The number of nitrogens with zero attached hydrogens (tertiary/aromatic N) is 1. The van der Waals surface area contributed by atoms with Crippen LogP contribution in [0.4, 0.5) is 0 Å². The Morgan fingerprint density at radius 1 is 1.39 bits per heavy atom. The van der Waals surface area contributed by atoms with Crippen molar-refractivity contribution >= 4 is 35.6 Å². The lowest BCUT2D eigenvalue weighted by molar-refractivity contribution is 1.03. The van der Waals surface area contributed by atoms with Gasteiger partial charge in [-0.15, -0.1) is 6.58 Å². The first kappa shape index (κ1) is 13.3. The zero-order valence-corrected chi connectivity index (χ0v) is 11.9. The Morgan fingerprint density at radius 2 is 2.22 bits per heavy atom.